The molecule has 0 saturated heterocycles. The standard InChI is InChI=1S/C16H31N3O2/c1-6-10-14(20-9-4)15-18-16(21-19-15)13(8-3)12(5)17-11-7-2/h12-14,17H,6-11H2,1-5H3. The molecule has 1 aromatic rings. The fraction of sp³-hybridized carbons (Fsp3) is 0.875. The van der Waals surface area contributed by atoms with Crippen molar-refractivity contribution in [2.75, 3.05) is 13.2 Å². The lowest BCUT2D eigenvalue weighted by Crippen LogP contribution is -2.32. The van der Waals surface area contributed by atoms with E-state index in [1.165, 1.54) is 0 Å². The first-order valence-corrected chi connectivity index (χ1v) is 8.36. The third-order valence-electron chi connectivity index (χ3n) is 3.74. The molecule has 0 amide bonds. The van der Waals surface area contributed by atoms with Crippen LogP contribution in [-0.2, 0) is 4.74 Å². The third kappa shape index (κ3) is 5.40. The number of hydrogen-bond donors (Lipinski definition) is 1. The summed E-state index contributed by atoms with van der Waals surface area (Å²) >= 11 is 0. The summed E-state index contributed by atoms with van der Waals surface area (Å²) in [4.78, 5) is 4.61. The predicted octanol–water partition coefficient (Wildman–Crippen LogP) is 3.83. The highest BCUT2D eigenvalue weighted by atomic mass is 16.5. The number of nitrogens with zero attached hydrogens (tertiary/aromatic N) is 2. The normalized spacial score (nSPS) is 15.9. The van der Waals surface area contributed by atoms with Gasteiger partial charge in [0.15, 0.2) is 0 Å². The molecule has 0 aliphatic carbocycles. The zero-order valence-electron chi connectivity index (χ0n) is 14.2. The minimum Gasteiger partial charge on any atom is -0.370 e. The quantitative estimate of drug-likeness (QED) is 0.672. The molecule has 1 N–H and O–H groups in total. The molecule has 122 valence electrons. The molecule has 0 aliphatic rings. The molecule has 3 atom stereocenters. The molecule has 0 bridgehead atoms. The second-order valence-corrected chi connectivity index (χ2v) is 5.48. The van der Waals surface area contributed by atoms with Crippen LogP contribution in [0.2, 0.25) is 0 Å². The topological polar surface area (TPSA) is 60.2 Å². The first-order valence-electron chi connectivity index (χ1n) is 8.36. The number of hydrogen-bond acceptors (Lipinski definition) is 5. The fourth-order valence-corrected chi connectivity index (χ4v) is 2.54. The van der Waals surface area contributed by atoms with Crippen LogP contribution in [0.5, 0.6) is 0 Å². The van der Waals surface area contributed by atoms with Crippen LogP contribution >= 0.6 is 0 Å². The monoisotopic (exact) mass is 297 g/mol. The van der Waals surface area contributed by atoms with Crippen LogP contribution < -0.4 is 5.32 Å². The Kier molecular flexibility index (Phi) is 8.54. The molecule has 1 heterocycles. The largest absolute Gasteiger partial charge is 0.370 e. The Morgan fingerprint density at radius 2 is 1.95 bits per heavy atom. The number of nitrogens with one attached hydrogen (secondary N) is 1. The van der Waals surface area contributed by atoms with Gasteiger partial charge in [-0.3, -0.25) is 0 Å². The predicted molar refractivity (Wildman–Crippen MR) is 84.4 cm³/mol. The van der Waals surface area contributed by atoms with E-state index in [1.54, 1.807) is 0 Å². The van der Waals surface area contributed by atoms with Gasteiger partial charge in [-0.05, 0) is 39.7 Å². The van der Waals surface area contributed by atoms with Crippen LogP contribution in [0.1, 0.15) is 84.0 Å². The van der Waals surface area contributed by atoms with Gasteiger partial charge in [0, 0.05) is 12.6 Å². The van der Waals surface area contributed by atoms with Gasteiger partial charge in [0.2, 0.25) is 11.7 Å². The molecule has 1 rings (SSSR count). The van der Waals surface area contributed by atoms with Gasteiger partial charge < -0.3 is 14.6 Å². The maximum atomic E-state index is 5.72. The highest BCUT2D eigenvalue weighted by Gasteiger charge is 2.25. The summed E-state index contributed by atoms with van der Waals surface area (Å²) < 4.78 is 11.2. The molecule has 0 spiro atoms. The van der Waals surface area contributed by atoms with E-state index in [0.717, 1.165) is 38.1 Å². The van der Waals surface area contributed by atoms with E-state index in [2.05, 4.69) is 43.2 Å². The van der Waals surface area contributed by atoms with Gasteiger partial charge in [0.1, 0.15) is 6.10 Å². The molecule has 3 unspecified atom stereocenters. The van der Waals surface area contributed by atoms with Crippen LogP contribution in [0.3, 0.4) is 0 Å². The van der Waals surface area contributed by atoms with E-state index in [4.69, 9.17) is 9.26 Å². The summed E-state index contributed by atoms with van der Waals surface area (Å²) in [6, 6.07) is 0.333. The molecule has 1 aromatic heterocycles. The maximum Gasteiger partial charge on any atom is 0.231 e. The van der Waals surface area contributed by atoms with Gasteiger partial charge in [0.05, 0.1) is 5.92 Å². The van der Waals surface area contributed by atoms with E-state index < -0.39 is 0 Å². The second-order valence-electron chi connectivity index (χ2n) is 5.48. The molecule has 5 heteroatoms. The zero-order valence-corrected chi connectivity index (χ0v) is 14.2. The third-order valence-corrected chi connectivity index (χ3v) is 3.74. The van der Waals surface area contributed by atoms with E-state index in [9.17, 15) is 0 Å². The van der Waals surface area contributed by atoms with Crippen molar-refractivity contribution in [2.24, 2.45) is 0 Å². The molecule has 0 fully saturated rings. The van der Waals surface area contributed by atoms with Crippen molar-refractivity contribution >= 4 is 0 Å². The Morgan fingerprint density at radius 1 is 1.19 bits per heavy atom. The zero-order chi connectivity index (χ0) is 15.7. The molecule has 5 nitrogen and oxygen atoms in total. The molecular formula is C16H31N3O2. The molecule has 0 radical (unpaired) electrons. The molecule has 0 aromatic carbocycles. The molecule has 0 saturated carbocycles. The lowest BCUT2D eigenvalue weighted by atomic mass is 9.98. The SMILES string of the molecule is CCCNC(C)C(CC)c1nc(C(CCC)OCC)no1. The summed E-state index contributed by atoms with van der Waals surface area (Å²) in [7, 11) is 0. The van der Waals surface area contributed by atoms with Crippen molar-refractivity contribution in [1.29, 1.82) is 0 Å². The number of ether oxygens (including phenoxy) is 1. The fourth-order valence-electron chi connectivity index (χ4n) is 2.54. The second kappa shape index (κ2) is 9.90. The van der Waals surface area contributed by atoms with Crippen molar-refractivity contribution < 1.29 is 9.26 Å². The Morgan fingerprint density at radius 3 is 2.52 bits per heavy atom. The summed E-state index contributed by atoms with van der Waals surface area (Å²) in [5.74, 6) is 1.67. The first kappa shape index (κ1) is 18.1. The average molecular weight is 297 g/mol. The average Bonchev–Trinajstić information content (AvgIpc) is 2.95. The minimum atomic E-state index is -0.0473. The Balaban J connectivity index is 2.78. The van der Waals surface area contributed by atoms with Gasteiger partial charge >= 0.3 is 0 Å². The van der Waals surface area contributed by atoms with Crippen LogP contribution in [0, 0.1) is 0 Å². The lowest BCUT2D eigenvalue weighted by Gasteiger charge is -2.20. The van der Waals surface area contributed by atoms with Crippen molar-refractivity contribution in [3.63, 3.8) is 0 Å². The Bertz CT molecular complexity index is 375. The minimum absolute atomic E-state index is 0.0473. The van der Waals surface area contributed by atoms with Gasteiger partial charge in [0.25, 0.3) is 0 Å². The van der Waals surface area contributed by atoms with Crippen LogP contribution in [0.25, 0.3) is 0 Å². The molecule has 21 heavy (non-hydrogen) atoms. The van der Waals surface area contributed by atoms with Crippen molar-refractivity contribution in [2.45, 2.75) is 78.4 Å². The summed E-state index contributed by atoms with van der Waals surface area (Å²) in [5.41, 5.74) is 0. The molecular weight excluding hydrogens is 266 g/mol. The van der Waals surface area contributed by atoms with Gasteiger partial charge in [-0.1, -0.05) is 32.3 Å². The van der Waals surface area contributed by atoms with E-state index in [-0.39, 0.29) is 12.0 Å². The highest BCUT2D eigenvalue weighted by molar-refractivity contribution is 5.00. The first-order chi connectivity index (χ1) is 10.2. The van der Waals surface area contributed by atoms with Gasteiger partial charge in [-0.25, -0.2) is 0 Å². The van der Waals surface area contributed by atoms with Crippen LogP contribution in [-0.4, -0.2) is 29.3 Å². The van der Waals surface area contributed by atoms with Crippen LogP contribution in [0.15, 0.2) is 4.52 Å². The van der Waals surface area contributed by atoms with Crippen molar-refractivity contribution in [3.05, 3.63) is 11.7 Å². The van der Waals surface area contributed by atoms with Crippen molar-refractivity contribution in [3.8, 4) is 0 Å². The Labute approximate surface area is 128 Å². The smallest absolute Gasteiger partial charge is 0.231 e. The maximum absolute atomic E-state index is 5.72. The number of rotatable bonds is 11. The van der Waals surface area contributed by atoms with E-state index in [0.29, 0.717) is 18.5 Å². The van der Waals surface area contributed by atoms with Crippen LogP contribution in [0.4, 0.5) is 0 Å². The highest BCUT2D eigenvalue weighted by Crippen LogP contribution is 2.25. The summed E-state index contributed by atoms with van der Waals surface area (Å²) in [5, 5.41) is 7.66. The van der Waals surface area contributed by atoms with E-state index in [1.807, 2.05) is 6.92 Å². The lowest BCUT2D eigenvalue weighted by molar-refractivity contribution is 0.0477. The van der Waals surface area contributed by atoms with Crippen molar-refractivity contribution in [1.82, 2.24) is 15.5 Å². The summed E-state index contributed by atoms with van der Waals surface area (Å²) in [6.45, 7) is 12.3. The van der Waals surface area contributed by atoms with Gasteiger partial charge in [-0.15, -0.1) is 0 Å². The summed E-state index contributed by atoms with van der Waals surface area (Å²) in [6.07, 6.45) is 4.02. The van der Waals surface area contributed by atoms with E-state index >= 15 is 0 Å². The molecule has 0 aliphatic heterocycles. The number of aromatic nitrogens is 2. The van der Waals surface area contributed by atoms with Gasteiger partial charge in [-0.2, -0.15) is 4.98 Å². The Hall–Kier alpha value is -0.940.